The maximum absolute atomic E-state index is 5.07. The van der Waals surface area contributed by atoms with Gasteiger partial charge in [-0.05, 0) is 83.2 Å². The highest BCUT2D eigenvalue weighted by molar-refractivity contribution is 6.32. The summed E-state index contributed by atoms with van der Waals surface area (Å²) >= 11 is 0. The molecule has 0 radical (unpaired) electrons. The number of pyridine rings is 2. The van der Waals surface area contributed by atoms with Crippen LogP contribution in [0.5, 0.6) is 0 Å². The average Bonchev–Trinajstić information content (AvgIpc) is 3.13. The molecular formula is C44H26N2. The van der Waals surface area contributed by atoms with Crippen LogP contribution in [0.25, 0.3) is 98.1 Å². The van der Waals surface area contributed by atoms with E-state index in [0.29, 0.717) is 0 Å². The number of benzene rings is 7. The molecule has 0 N–H and O–H groups in total. The lowest BCUT2D eigenvalue weighted by atomic mass is 9.89. The predicted molar refractivity (Wildman–Crippen MR) is 195 cm³/mol. The smallest absolute Gasteiger partial charge is 0.0972 e. The first kappa shape index (κ1) is 25.2. The molecular weight excluding hydrogens is 556 g/mol. The molecule has 0 unspecified atom stereocenters. The second-order valence-corrected chi connectivity index (χ2v) is 12.2. The largest absolute Gasteiger partial charge is 0.254 e. The summed E-state index contributed by atoms with van der Waals surface area (Å²) in [5.41, 5.74) is 6.29. The molecule has 0 aliphatic carbocycles. The van der Waals surface area contributed by atoms with Crippen LogP contribution in [0.1, 0.15) is 0 Å². The van der Waals surface area contributed by atoms with Crippen LogP contribution in [-0.2, 0) is 0 Å². The fraction of sp³-hybridized carbons (Fsp3) is 0. The lowest BCUT2D eigenvalue weighted by Gasteiger charge is -2.14. The molecule has 8 aromatic carbocycles. The van der Waals surface area contributed by atoms with Crippen LogP contribution in [0.4, 0.5) is 0 Å². The van der Waals surface area contributed by atoms with Gasteiger partial charge in [0.05, 0.1) is 16.7 Å². The molecule has 46 heavy (non-hydrogen) atoms. The van der Waals surface area contributed by atoms with Crippen molar-refractivity contribution in [2.75, 3.05) is 0 Å². The fourth-order valence-electron chi connectivity index (χ4n) is 7.46. The maximum Gasteiger partial charge on any atom is 0.0972 e. The van der Waals surface area contributed by atoms with Gasteiger partial charge in [-0.1, -0.05) is 133 Å². The lowest BCUT2D eigenvalue weighted by Crippen LogP contribution is -1.89. The molecule has 0 amide bonds. The molecule has 2 aromatic heterocycles. The Morgan fingerprint density at radius 2 is 0.870 bits per heavy atom. The molecule has 212 valence electrons. The molecule has 2 heteroatoms. The van der Waals surface area contributed by atoms with Crippen molar-refractivity contribution in [3.05, 3.63) is 158 Å². The standard InChI is InChI=1S/C44H26N2/c1-2-10-35-34(9-1)37-11-3-6-29-17-18-30-7-4-12-38(42(30)41(29)37)36-23-21-33(26-39(35)36)27-13-15-28(16-14-27)40-24-22-32-20-19-31-8-5-25-45-43(31)44(32)46-40/h1-26H. The molecule has 0 aliphatic rings. The molecule has 10 rings (SSSR count). The summed E-state index contributed by atoms with van der Waals surface area (Å²) < 4.78 is 0. The van der Waals surface area contributed by atoms with Crippen molar-refractivity contribution in [2.24, 2.45) is 0 Å². The number of fused-ring (bicyclic) bond motifs is 8. The van der Waals surface area contributed by atoms with Gasteiger partial charge in [-0.2, -0.15) is 0 Å². The molecule has 2 heterocycles. The normalized spacial score (nSPS) is 11.9. The Hall–Kier alpha value is -6.12. The van der Waals surface area contributed by atoms with Gasteiger partial charge in [-0.15, -0.1) is 0 Å². The minimum absolute atomic E-state index is 0.937. The SMILES string of the molecule is c1cnc2c(c1)ccc1ccc(-c3ccc(-c4ccc5c(c4)c4ccccc4c4cccc6ccc7cccc5c7c64)cc3)nc12. The van der Waals surface area contributed by atoms with Crippen molar-refractivity contribution in [3.8, 4) is 22.4 Å². The maximum atomic E-state index is 5.07. The monoisotopic (exact) mass is 582 g/mol. The Morgan fingerprint density at radius 3 is 1.61 bits per heavy atom. The summed E-state index contributed by atoms with van der Waals surface area (Å²) in [5, 5.41) is 15.0. The molecule has 0 bridgehead atoms. The number of hydrogen-bond acceptors (Lipinski definition) is 2. The van der Waals surface area contributed by atoms with E-state index < -0.39 is 0 Å². The van der Waals surface area contributed by atoms with Gasteiger partial charge in [0.1, 0.15) is 0 Å². The molecule has 2 nitrogen and oxygen atoms in total. The molecule has 10 aromatic rings. The van der Waals surface area contributed by atoms with Crippen molar-refractivity contribution < 1.29 is 0 Å². The van der Waals surface area contributed by atoms with Crippen LogP contribution in [0.2, 0.25) is 0 Å². The molecule has 0 aliphatic heterocycles. The quantitative estimate of drug-likeness (QED) is 0.190. The van der Waals surface area contributed by atoms with Gasteiger partial charge in [-0.25, -0.2) is 4.98 Å². The van der Waals surface area contributed by atoms with Crippen molar-refractivity contribution in [2.45, 2.75) is 0 Å². The third-order valence-electron chi connectivity index (χ3n) is 9.65. The van der Waals surface area contributed by atoms with E-state index in [9.17, 15) is 0 Å². The van der Waals surface area contributed by atoms with Crippen molar-refractivity contribution in [1.82, 2.24) is 9.97 Å². The van der Waals surface area contributed by atoms with Crippen LogP contribution in [0.15, 0.2) is 158 Å². The van der Waals surface area contributed by atoms with E-state index in [4.69, 9.17) is 4.98 Å². The Bertz CT molecular complexity index is 2850. The van der Waals surface area contributed by atoms with E-state index in [1.165, 1.54) is 65.0 Å². The van der Waals surface area contributed by atoms with Gasteiger partial charge in [0, 0.05) is 22.5 Å². The minimum atomic E-state index is 0.937. The van der Waals surface area contributed by atoms with Gasteiger partial charge in [-0.3, -0.25) is 4.98 Å². The summed E-state index contributed by atoms with van der Waals surface area (Å²) in [6.45, 7) is 0. The average molecular weight is 583 g/mol. The summed E-state index contributed by atoms with van der Waals surface area (Å²) in [6, 6.07) is 55.1. The first-order chi connectivity index (χ1) is 22.8. The summed E-state index contributed by atoms with van der Waals surface area (Å²) in [6.07, 6.45) is 1.84. The highest BCUT2D eigenvalue weighted by Gasteiger charge is 2.13. The third-order valence-corrected chi connectivity index (χ3v) is 9.65. The molecule has 0 atom stereocenters. The lowest BCUT2D eigenvalue weighted by molar-refractivity contribution is 1.37. The summed E-state index contributed by atoms with van der Waals surface area (Å²) in [7, 11) is 0. The highest BCUT2D eigenvalue weighted by Crippen LogP contribution is 2.41. The number of aromatic nitrogens is 2. The van der Waals surface area contributed by atoms with E-state index in [2.05, 4.69) is 151 Å². The second-order valence-electron chi connectivity index (χ2n) is 12.2. The predicted octanol–water partition coefficient (Wildman–Crippen LogP) is 11.9. The molecule has 0 spiro atoms. The van der Waals surface area contributed by atoms with Crippen molar-refractivity contribution >= 4 is 75.7 Å². The van der Waals surface area contributed by atoms with E-state index in [1.54, 1.807) is 0 Å². The van der Waals surface area contributed by atoms with Crippen molar-refractivity contribution in [3.63, 3.8) is 0 Å². The van der Waals surface area contributed by atoms with E-state index >= 15 is 0 Å². The zero-order chi connectivity index (χ0) is 30.2. The third kappa shape index (κ3) is 3.71. The number of rotatable bonds is 2. The minimum Gasteiger partial charge on any atom is -0.254 e. The van der Waals surface area contributed by atoms with Gasteiger partial charge in [0.25, 0.3) is 0 Å². The van der Waals surface area contributed by atoms with E-state index in [1.807, 2.05) is 12.3 Å². The van der Waals surface area contributed by atoms with Crippen LogP contribution in [0, 0.1) is 0 Å². The Balaban J connectivity index is 1.18. The highest BCUT2D eigenvalue weighted by atomic mass is 14.7. The topological polar surface area (TPSA) is 25.8 Å². The first-order valence-electron chi connectivity index (χ1n) is 15.7. The van der Waals surface area contributed by atoms with Crippen LogP contribution < -0.4 is 0 Å². The van der Waals surface area contributed by atoms with E-state index in [0.717, 1.165) is 33.1 Å². The van der Waals surface area contributed by atoms with Gasteiger partial charge in [0.15, 0.2) is 0 Å². The van der Waals surface area contributed by atoms with Crippen LogP contribution in [0.3, 0.4) is 0 Å². The zero-order valence-electron chi connectivity index (χ0n) is 24.9. The fourth-order valence-corrected chi connectivity index (χ4v) is 7.46. The molecule has 0 saturated carbocycles. The summed E-state index contributed by atoms with van der Waals surface area (Å²) in [5.74, 6) is 0. The second kappa shape index (κ2) is 9.69. The molecule has 0 saturated heterocycles. The zero-order valence-corrected chi connectivity index (χ0v) is 24.9. The van der Waals surface area contributed by atoms with Gasteiger partial charge in [0.2, 0.25) is 0 Å². The first-order valence-corrected chi connectivity index (χ1v) is 15.7. The Kier molecular flexibility index (Phi) is 5.31. The summed E-state index contributed by atoms with van der Waals surface area (Å²) in [4.78, 5) is 9.70. The molecule has 0 fully saturated rings. The van der Waals surface area contributed by atoms with Crippen LogP contribution >= 0.6 is 0 Å². The number of nitrogens with zero attached hydrogens (tertiary/aromatic N) is 2. The van der Waals surface area contributed by atoms with Crippen molar-refractivity contribution in [1.29, 1.82) is 0 Å². The van der Waals surface area contributed by atoms with Gasteiger partial charge < -0.3 is 0 Å². The van der Waals surface area contributed by atoms with Gasteiger partial charge >= 0.3 is 0 Å². The Morgan fingerprint density at radius 1 is 0.326 bits per heavy atom. The Labute approximate surface area is 265 Å². The number of hydrogen-bond donors (Lipinski definition) is 0. The van der Waals surface area contributed by atoms with E-state index in [-0.39, 0.29) is 0 Å². The van der Waals surface area contributed by atoms with Crippen LogP contribution in [-0.4, -0.2) is 9.97 Å².